The van der Waals surface area contributed by atoms with Gasteiger partial charge >= 0.3 is 6.03 Å². The number of hydrogen-bond acceptors (Lipinski definition) is 2. The van der Waals surface area contributed by atoms with Crippen molar-refractivity contribution in [2.24, 2.45) is 5.41 Å². The Labute approximate surface area is 151 Å². The Bertz CT molecular complexity index is 626. The van der Waals surface area contributed by atoms with E-state index in [9.17, 15) is 9.59 Å². The summed E-state index contributed by atoms with van der Waals surface area (Å²) < 4.78 is 0. The van der Waals surface area contributed by atoms with Gasteiger partial charge in [0.1, 0.15) is 0 Å². The van der Waals surface area contributed by atoms with Crippen LogP contribution in [0.2, 0.25) is 0 Å². The van der Waals surface area contributed by atoms with Crippen LogP contribution in [0.15, 0.2) is 18.2 Å². The SMILES string of the molecule is Cc1ccc(C)c(CC(=O)N2CCN(C(=O)NCC(C)(C)C)CC2)c1. The van der Waals surface area contributed by atoms with E-state index in [0.717, 1.165) is 11.1 Å². The van der Waals surface area contributed by atoms with Crippen molar-refractivity contribution in [2.45, 2.75) is 41.0 Å². The van der Waals surface area contributed by atoms with Gasteiger partial charge in [0.05, 0.1) is 6.42 Å². The Morgan fingerprint density at radius 3 is 2.24 bits per heavy atom. The molecule has 138 valence electrons. The van der Waals surface area contributed by atoms with E-state index in [1.807, 2.05) is 18.7 Å². The number of nitrogens with one attached hydrogen (secondary N) is 1. The van der Waals surface area contributed by atoms with E-state index in [0.29, 0.717) is 39.1 Å². The molecule has 0 radical (unpaired) electrons. The summed E-state index contributed by atoms with van der Waals surface area (Å²) in [7, 11) is 0. The number of benzene rings is 1. The van der Waals surface area contributed by atoms with Crippen LogP contribution in [0.25, 0.3) is 0 Å². The number of nitrogens with zero attached hydrogens (tertiary/aromatic N) is 2. The number of carbonyl (C=O) groups is 2. The fourth-order valence-corrected chi connectivity index (χ4v) is 2.88. The fourth-order valence-electron chi connectivity index (χ4n) is 2.88. The molecule has 1 fully saturated rings. The standard InChI is InChI=1S/C20H31N3O2/c1-15-6-7-16(2)17(12-15)13-18(24)22-8-10-23(11-9-22)19(25)21-14-20(3,4)5/h6-7,12H,8-11,13-14H2,1-5H3,(H,21,25). The molecule has 1 aromatic carbocycles. The van der Waals surface area contributed by atoms with Crippen LogP contribution >= 0.6 is 0 Å². The number of amides is 3. The van der Waals surface area contributed by atoms with Crippen LogP contribution in [0.5, 0.6) is 0 Å². The Kier molecular flexibility index (Phi) is 6.09. The maximum Gasteiger partial charge on any atom is 0.317 e. The monoisotopic (exact) mass is 345 g/mol. The minimum Gasteiger partial charge on any atom is -0.339 e. The predicted octanol–water partition coefficient (Wildman–Crippen LogP) is 2.75. The first-order valence-corrected chi connectivity index (χ1v) is 9.02. The zero-order valence-corrected chi connectivity index (χ0v) is 16.2. The van der Waals surface area contributed by atoms with Gasteiger partial charge in [0.25, 0.3) is 0 Å². The maximum atomic E-state index is 12.6. The molecule has 0 aliphatic carbocycles. The number of rotatable bonds is 3. The van der Waals surface area contributed by atoms with Crippen molar-refractivity contribution in [3.63, 3.8) is 0 Å². The number of aryl methyl sites for hydroxylation is 2. The average molecular weight is 345 g/mol. The summed E-state index contributed by atoms with van der Waals surface area (Å²) in [5.41, 5.74) is 3.49. The molecule has 5 heteroatoms. The molecule has 5 nitrogen and oxygen atoms in total. The van der Waals surface area contributed by atoms with Gasteiger partial charge in [-0.2, -0.15) is 0 Å². The molecule has 0 saturated carbocycles. The quantitative estimate of drug-likeness (QED) is 0.916. The Morgan fingerprint density at radius 2 is 1.64 bits per heavy atom. The third kappa shape index (κ3) is 5.76. The van der Waals surface area contributed by atoms with E-state index in [-0.39, 0.29) is 17.4 Å². The molecule has 0 atom stereocenters. The molecule has 2 rings (SSSR count). The van der Waals surface area contributed by atoms with Crippen molar-refractivity contribution < 1.29 is 9.59 Å². The molecule has 1 aliphatic rings. The summed E-state index contributed by atoms with van der Waals surface area (Å²) in [6, 6.07) is 6.19. The molecule has 0 aromatic heterocycles. The lowest BCUT2D eigenvalue weighted by Gasteiger charge is -2.35. The predicted molar refractivity (Wildman–Crippen MR) is 101 cm³/mol. The lowest BCUT2D eigenvalue weighted by atomic mass is 9.97. The van der Waals surface area contributed by atoms with Gasteiger partial charge in [-0.25, -0.2) is 4.79 Å². The summed E-state index contributed by atoms with van der Waals surface area (Å²) in [5, 5.41) is 2.97. The first-order valence-electron chi connectivity index (χ1n) is 9.02. The molecule has 0 unspecified atom stereocenters. The second kappa shape index (κ2) is 7.89. The lowest BCUT2D eigenvalue weighted by Crippen LogP contribution is -2.54. The van der Waals surface area contributed by atoms with E-state index in [1.54, 1.807) is 4.90 Å². The van der Waals surface area contributed by atoms with E-state index in [1.165, 1.54) is 5.56 Å². The molecular weight excluding hydrogens is 314 g/mol. The van der Waals surface area contributed by atoms with Crippen LogP contribution in [-0.4, -0.2) is 54.5 Å². The van der Waals surface area contributed by atoms with Gasteiger partial charge in [-0.05, 0) is 30.4 Å². The van der Waals surface area contributed by atoms with Gasteiger partial charge in [-0.1, -0.05) is 44.5 Å². The fraction of sp³-hybridized carbons (Fsp3) is 0.600. The molecular formula is C20H31N3O2. The highest BCUT2D eigenvalue weighted by Gasteiger charge is 2.25. The second-order valence-electron chi connectivity index (χ2n) is 8.19. The molecule has 1 N–H and O–H groups in total. The minimum absolute atomic E-state index is 0.0310. The number of carbonyl (C=O) groups excluding carboxylic acids is 2. The number of urea groups is 1. The smallest absolute Gasteiger partial charge is 0.317 e. The first kappa shape index (κ1) is 19.3. The van der Waals surface area contributed by atoms with Crippen molar-refractivity contribution in [3.8, 4) is 0 Å². The molecule has 0 bridgehead atoms. The molecule has 3 amide bonds. The van der Waals surface area contributed by atoms with E-state index in [2.05, 4.69) is 44.3 Å². The van der Waals surface area contributed by atoms with Crippen LogP contribution in [0.4, 0.5) is 4.79 Å². The summed E-state index contributed by atoms with van der Waals surface area (Å²) in [6.45, 7) is 13.4. The van der Waals surface area contributed by atoms with Crippen molar-refractivity contribution in [1.82, 2.24) is 15.1 Å². The highest BCUT2D eigenvalue weighted by molar-refractivity contribution is 5.80. The van der Waals surface area contributed by atoms with Crippen LogP contribution in [0.3, 0.4) is 0 Å². The van der Waals surface area contributed by atoms with Crippen LogP contribution in [0, 0.1) is 19.3 Å². The summed E-state index contributed by atoms with van der Waals surface area (Å²) in [6.07, 6.45) is 0.434. The maximum absolute atomic E-state index is 12.6. The topological polar surface area (TPSA) is 52.7 Å². The van der Waals surface area contributed by atoms with Gasteiger partial charge in [-0.15, -0.1) is 0 Å². The van der Waals surface area contributed by atoms with Crippen molar-refractivity contribution in [2.75, 3.05) is 32.7 Å². The average Bonchev–Trinajstić information content (AvgIpc) is 2.55. The second-order valence-corrected chi connectivity index (χ2v) is 8.19. The van der Waals surface area contributed by atoms with Gasteiger partial charge in [0.2, 0.25) is 5.91 Å². The lowest BCUT2D eigenvalue weighted by molar-refractivity contribution is -0.131. The first-order chi connectivity index (χ1) is 11.7. The van der Waals surface area contributed by atoms with Crippen molar-refractivity contribution in [3.05, 3.63) is 34.9 Å². The highest BCUT2D eigenvalue weighted by Crippen LogP contribution is 2.14. The van der Waals surface area contributed by atoms with Crippen molar-refractivity contribution in [1.29, 1.82) is 0 Å². The molecule has 1 heterocycles. The van der Waals surface area contributed by atoms with E-state index >= 15 is 0 Å². The molecule has 1 aromatic rings. The molecule has 1 saturated heterocycles. The highest BCUT2D eigenvalue weighted by atomic mass is 16.2. The summed E-state index contributed by atoms with van der Waals surface area (Å²) in [5.74, 6) is 0.142. The van der Waals surface area contributed by atoms with Gasteiger partial charge in [0.15, 0.2) is 0 Å². The Morgan fingerprint density at radius 1 is 1.04 bits per heavy atom. The third-order valence-corrected chi connectivity index (χ3v) is 4.54. The summed E-state index contributed by atoms with van der Waals surface area (Å²) in [4.78, 5) is 28.4. The normalized spacial score (nSPS) is 15.2. The number of piperazine rings is 1. The van der Waals surface area contributed by atoms with Crippen molar-refractivity contribution >= 4 is 11.9 Å². The van der Waals surface area contributed by atoms with Gasteiger partial charge in [-0.3, -0.25) is 4.79 Å². The van der Waals surface area contributed by atoms with E-state index < -0.39 is 0 Å². The summed E-state index contributed by atoms with van der Waals surface area (Å²) >= 11 is 0. The zero-order chi connectivity index (χ0) is 18.6. The minimum atomic E-state index is -0.0310. The Balaban J connectivity index is 1.84. The zero-order valence-electron chi connectivity index (χ0n) is 16.2. The molecule has 1 aliphatic heterocycles. The largest absolute Gasteiger partial charge is 0.339 e. The third-order valence-electron chi connectivity index (χ3n) is 4.54. The Hall–Kier alpha value is -2.04. The number of hydrogen-bond donors (Lipinski definition) is 1. The van der Waals surface area contributed by atoms with Crippen LogP contribution in [0.1, 0.15) is 37.5 Å². The van der Waals surface area contributed by atoms with Crippen LogP contribution in [-0.2, 0) is 11.2 Å². The van der Waals surface area contributed by atoms with Gasteiger partial charge in [0, 0.05) is 32.7 Å². The van der Waals surface area contributed by atoms with Crippen LogP contribution < -0.4 is 5.32 Å². The molecule has 0 spiro atoms. The van der Waals surface area contributed by atoms with E-state index in [4.69, 9.17) is 0 Å². The van der Waals surface area contributed by atoms with Gasteiger partial charge < -0.3 is 15.1 Å². The molecule has 25 heavy (non-hydrogen) atoms.